The molecule has 2 N–H and O–H groups in total. The molecule has 3 aromatic carbocycles. The van der Waals surface area contributed by atoms with Crippen molar-refractivity contribution in [1.29, 1.82) is 5.26 Å². The molecule has 286 valence electrons. The molecule has 2 aliphatic heterocycles. The van der Waals surface area contributed by atoms with Crippen LogP contribution in [-0.4, -0.2) is 79.4 Å². The number of aliphatic hydroxyl groups excluding tert-OH is 1. The van der Waals surface area contributed by atoms with Crippen LogP contribution in [0, 0.1) is 25.2 Å². The van der Waals surface area contributed by atoms with Gasteiger partial charge in [-0.2, -0.15) is 5.26 Å². The maximum absolute atomic E-state index is 9.82. The standard InChI is InChI=1S/C42H47ClN8O4/c1-28-32(8-5-9-35(28)36-10-6-12-39(29(36)2)53-17-7-14-50-16-13-34(52)25-50)27-55-41-20-40(54-26-31-18-30(21-44)22-45-23-31)33(19-37(41)43)24-51-15-4-3-11-38(51)42-46-48-49-47-42/h5-6,8-10,12,18-20,22-23,34,38,52H,3-4,7,11,13-17,24-27H2,1-2H3,(H,46,47,48,49)/t34-,38?/m1/s1. The smallest absolute Gasteiger partial charge is 0.165 e. The highest BCUT2D eigenvalue weighted by Gasteiger charge is 2.28. The highest BCUT2D eigenvalue weighted by Crippen LogP contribution is 2.38. The molecule has 0 aliphatic carbocycles. The summed E-state index contributed by atoms with van der Waals surface area (Å²) in [5.41, 5.74) is 7.64. The predicted octanol–water partition coefficient (Wildman–Crippen LogP) is 7.12. The quantitative estimate of drug-likeness (QED) is 0.105. The lowest BCUT2D eigenvalue weighted by atomic mass is 9.93. The molecule has 2 atom stereocenters. The Balaban J connectivity index is 1.08. The molecule has 2 aliphatic rings. The number of ether oxygens (including phenoxy) is 3. The summed E-state index contributed by atoms with van der Waals surface area (Å²) in [5.74, 6) is 2.77. The number of aromatic nitrogens is 5. The number of pyridine rings is 1. The number of aromatic amines is 1. The van der Waals surface area contributed by atoms with E-state index in [9.17, 15) is 10.4 Å². The van der Waals surface area contributed by atoms with Gasteiger partial charge in [0.15, 0.2) is 5.82 Å². The van der Waals surface area contributed by atoms with E-state index in [4.69, 9.17) is 25.8 Å². The summed E-state index contributed by atoms with van der Waals surface area (Å²) in [5, 5.41) is 34.5. The Hall–Kier alpha value is -5.06. The van der Waals surface area contributed by atoms with Gasteiger partial charge in [0.2, 0.25) is 0 Å². The van der Waals surface area contributed by atoms with E-state index >= 15 is 0 Å². The van der Waals surface area contributed by atoms with Crippen LogP contribution in [0.25, 0.3) is 11.1 Å². The van der Waals surface area contributed by atoms with Gasteiger partial charge in [-0.15, -0.1) is 5.10 Å². The van der Waals surface area contributed by atoms with E-state index < -0.39 is 0 Å². The third-order valence-corrected chi connectivity index (χ3v) is 10.9. The summed E-state index contributed by atoms with van der Waals surface area (Å²) >= 11 is 6.97. The number of nitrogens with one attached hydrogen (secondary N) is 1. The minimum absolute atomic E-state index is 0.0459. The number of piperidine rings is 1. The summed E-state index contributed by atoms with van der Waals surface area (Å²) in [6.45, 7) is 9.44. The van der Waals surface area contributed by atoms with Gasteiger partial charge in [0, 0.05) is 55.8 Å². The SMILES string of the molecule is Cc1c(COc2cc(OCc3cncc(C#N)c3)c(CN3CCCCC3c3nnn[nH]3)cc2Cl)cccc1-c1cccc(OCCCN2CC[C@@H](O)C2)c1C. The molecule has 12 nitrogen and oxygen atoms in total. The zero-order chi connectivity index (χ0) is 38.1. The first-order chi connectivity index (χ1) is 26.9. The van der Waals surface area contributed by atoms with E-state index in [0.717, 1.165) is 109 Å². The molecule has 2 saturated heterocycles. The van der Waals surface area contributed by atoms with Crippen molar-refractivity contribution in [2.75, 3.05) is 32.8 Å². The van der Waals surface area contributed by atoms with E-state index in [0.29, 0.717) is 41.8 Å². The number of hydrogen-bond donors (Lipinski definition) is 2. The third-order valence-electron chi connectivity index (χ3n) is 10.6. The average Bonchev–Trinajstić information content (AvgIpc) is 3.89. The second-order valence-corrected chi connectivity index (χ2v) is 14.8. The van der Waals surface area contributed by atoms with Gasteiger partial charge in [0.1, 0.15) is 36.5 Å². The number of hydrogen-bond acceptors (Lipinski definition) is 11. The van der Waals surface area contributed by atoms with Crippen LogP contribution in [0.2, 0.25) is 5.02 Å². The molecule has 2 fully saturated rings. The van der Waals surface area contributed by atoms with E-state index in [1.54, 1.807) is 12.3 Å². The maximum atomic E-state index is 9.82. The van der Waals surface area contributed by atoms with Crippen LogP contribution in [0.1, 0.15) is 77.4 Å². The fraction of sp³-hybridized carbons (Fsp3) is 0.405. The first-order valence-corrected chi connectivity index (χ1v) is 19.4. The Labute approximate surface area is 327 Å². The molecule has 0 radical (unpaired) electrons. The summed E-state index contributed by atoms with van der Waals surface area (Å²) in [6, 6.07) is 20.2. The molecular weight excluding hydrogens is 716 g/mol. The predicted molar refractivity (Wildman–Crippen MR) is 209 cm³/mol. The van der Waals surface area contributed by atoms with Crippen molar-refractivity contribution in [3.8, 4) is 34.4 Å². The minimum Gasteiger partial charge on any atom is -0.493 e. The zero-order valence-corrected chi connectivity index (χ0v) is 32.1. The minimum atomic E-state index is -0.204. The molecule has 55 heavy (non-hydrogen) atoms. The van der Waals surface area contributed by atoms with Crippen molar-refractivity contribution in [1.82, 2.24) is 35.4 Å². The molecule has 5 aromatic rings. The molecule has 0 saturated carbocycles. The third kappa shape index (κ3) is 9.43. The van der Waals surface area contributed by atoms with Crippen molar-refractivity contribution in [2.24, 2.45) is 0 Å². The first kappa shape index (κ1) is 38.2. The van der Waals surface area contributed by atoms with Gasteiger partial charge in [-0.05, 0) is 103 Å². The highest BCUT2D eigenvalue weighted by atomic mass is 35.5. The topological polar surface area (TPSA) is 146 Å². The molecule has 7 rings (SSSR count). The lowest BCUT2D eigenvalue weighted by molar-refractivity contribution is 0.131. The summed E-state index contributed by atoms with van der Waals surface area (Å²) in [7, 11) is 0. The number of aliphatic hydroxyl groups is 1. The van der Waals surface area contributed by atoms with Crippen molar-refractivity contribution in [2.45, 2.75) is 77.9 Å². The van der Waals surface area contributed by atoms with E-state index in [-0.39, 0.29) is 18.8 Å². The van der Waals surface area contributed by atoms with Gasteiger partial charge < -0.3 is 24.2 Å². The van der Waals surface area contributed by atoms with Crippen LogP contribution in [0.3, 0.4) is 0 Å². The highest BCUT2D eigenvalue weighted by molar-refractivity contribution is 6.32. The zero-order valence-electron chi connectivity index (χ0n) is 31.4. The number of H-pyrrole nitrogens is 1. The summed E-state index contributed by atoms with van der Waals surface area (Å²) in [4.78, 5) is 8.84. The number of nitriles is 1. The van der Waals surface area contributed by atoms with Gasteiger partial charge in [-0.1, -0.05) is 48.4 Å². The Morgan fingerprint density at radius 2 is 1.75 bits per heavy atom. The van der Waals surface area contributed by atoms with Crippen LogP contribution >= 0.6 is 11.6 Å². The van der Waals surface area contributed by atoms with Gasteiger partial charge in [0.05, 0.1) is 29.3 Å². The van der Waals surface area contributed by atoms with E-state index in [1.165, 1.54) is 6.20 Å². The van der Waals surface area contributed by atoms with Crippen molar-refractivity contribution in [3.05, 3.63) is 111 Å². The Morgan fingerprint density at radius 3 is 2.55 bits per heavy atom. The summed E-state index contributed by atoms with van der Waals surface area (Å²) in [6.07, 6.45) is 7.88. The first-order valence-electron chi connectivity index (χ1n) is 19.0. The number of benzene rings is 3. The van der Waals surface area contributed by atoms with Crippen LogP contribution in [0.15, 0.2) is 67.0 Å². The largest absolute Gasteiger partial charge is 0.493 e. The second-order valence-electron chi connectivity index (χ2n) is 14.4. The van der Waals surface area contributed by atoms with Gasteiger partial charge in [-0.3, -0.25) is 9.88 Å². The van der Waals surface area contributed by atoms with Crippen LogP contribution in [0.4, 0.5) is 0 Å². The lowest BCUT2D eigenvalue weighted by Gasteiger charge is -2.34. The van der Waals surface area contributed by atoms with Gasteiger partial charge in [0.25, 0.3) is 0 Å². The van der Waals surface area contributed by atoms with Crippen molar-refractivity contribution < 1.29 is 19.3 Å². The number of tetrazole rings is 1. The Kier molecular flexibility index (Phi) is 12.5. The molecule has 1 unspecified atom stereocenters. The van der Waals surface area contributed by atoms with E-state index in [1.807, 2.05) is 24.3 Å². The molecule has 0 spiro atoms. The van der Waals surface area contributed by atoms with Gasteiger partial charge in [-0.25, -0.2) is 5.10 Å². The molecule has 13 heteroatoms. The molecule has 4 heterocycles. The maximum Gasteiger partial charge on any atom is 0.165 e. The second kappa shape index (κ2) is 18.0. The molecule has 0 amide bonds. The number of rotatable bonds is 15. The van der Waals surface area contributed by atoms with Crippen molar-refractivity contribution in [3.63, 3.8) is 0 Å². The van der Waals surface area contributed by atoms with Gasteiger partial charge >= 0.3 is 0 Å². The lowest BCUT2D eigenvalue weighted by Crippen LogP contribution is -2.33. The Bertz CT molecular complexity index is 2110. The van der Waals surface area contributed by atoms with Crippen LogP contribution in [0.5, 0.6) is 17.2 Å². The Morgan fingerprint density at radius 1 is 0.909 bits per heavy atom. The van der Waals surface area contributed by atoms with Crippen LogP contribution in [-0.2, 0) is 19.8 Å². The summed E-state index contributed by atoms with van der Waals surface area (Å²) < 4.78 is 19.2. The molecule has 0 bridgehead atoms. The fourth-order valence-corrected chi connectivity index (χ4v) is 7.83. The average molecular weight is 763 g/mol. The number of β-amino-alcohol motifs (C(OH)–C–C–N with tert-alkyl or cyclic N) is 1. The van der Waals surface area contributed by atoms with Crippen LogP contribution < -0.4 is 14.2 Å². The monoisotopic (exact) mass is 762 g/mol. The molecular formula is C42H47ClN8O4. The van der Waals surface area contributed by atoms with E-state index in [2.05, 4.69) is 79.6 Å². The number of likely N-dealkylation sites (tertiary alicyclic amines) is 2. The number of nitrogens with zero attached hydrogens (tertiary/aromatic N) is 7. The fourth-order valence-electron chi connectivity index (χ4n) is 7.58. The van der Waals surface area contributed by atoms with Crippen molar-refractivity contribution >= 4 is 11.6 Å². The normalized spacial score (nSPS) is 17.6. The number of halogens is 1. The molecule has 2 aromatic heterocycles.